The molecule has 0 aliphatic carbocycles. The lowest BCUT2D eigenvalue weighted by molar-refractivity contribution is 0.580. The minimum atomic E-state index is 0.633. The molecule has 1 heterocycles. The predicted octanol–water partition coefficient (Wildman–Crippen LogP) is 1.89. The average Bonchev–Trinajstić information content (AvgIpc) is 2.30. The van der Waals surface area contributed by atoms with Crippen LogP contribution < -0.4 is 5.73 Å². The zero-order chi connectivity index (χ0) is 9.14. The zero-order valence-corrected chi connectivity index (χ0v) is 8.02. The summed E-state index contributed by atoms with van der Waals surface area (Å²) in [7, 11) is 0. The first-order valence-electron chi connectivity index (χ1n) is 4.40. The van der Waals surface area contributed by atoms with Gasteiger partial charge in [0, 0.05) is 11.3 Å². The molecule has 0 saturated heterocycles. The van der Waals surface area contributed by atoms with Crippen molar-refractivity contribution in [2.45, 2.75) is 33.6 Å². The van der Waals surface area contributed by atoms with Crippen LogP contribution in [0.5, 0.6) is 0 Å². The van der Waals surface area contributed by atoms with Crippen LogP contribution in [-0.2, 0) is 6.42 Å². The van der Waals surface area contributed by atoms with Gasteiger partial charge >= 0.3 is 0 Å². The Bertz CT molecular complexity index is 250. The van der Waals surface area contributed by atoms with E-state index in [4.69, 9.17) is 5.73 Å². The first-order chi connectivity index (χ1) is 5.61. The fourth-order valence-corrected chi connectivity index (χ4v) is 1.13. The molecule has 0 fully saturated rings. The average molecular weight is 167 g/mol. The highest BCUT2D eigenvalue weighted by molar-refractivity contribution is 5.40. The third-order valence-corrected chi connectivity index (χ3v) is 2.12. The van der Waals surface area contributed by atoms with Crippen molar-refractivity contribution in [3.8, 4) is 0 Å². The minimum Gasteiger partial charge on any atom is -0.382 e. The van der Waals surface area contributed by atoms with Gasteiger partial charge in [-0.25, -0.2) is 0 Å². The molecule has 3 N–H and O–H groups in total. The Hall–Kier alpha value is -0.990. The van der Waals surface area contributed by atoms with Gasteiger partial charge in [0.1, 0.15) is 5.82 Å². The largest absolute Gasteiger partial charge is 0.382 e. The topological polar surface area (TPSA) is 54.7 Å². The zero-order valence-electron chi connectivity index (χ0n) is 8.02. The molecule has 0 aliphatic heterocycles. The van der Waals surface area contributed by atoms with Gasteiger partial charge in [-0.1, -0.05) is 13.8 Å². The number of hydrogen-bond donors (Lipinski definition) is 2. The second-order valence-electron chi connectivity index (χ2n) is 3.64. The van der Waals surface area contributed by atoms with Gasteiger partial charge in [-0.2, -0.15) is 5.10 Å². The van der Waals surface area contributed by atoms with Gasteiger partial charge in [0.2, 0.25) is 0 Å². The molecule has 0 spiro atoms. The molecule has 0 bridgehead atoms. The summed E-state index contributed by atoms with van der Waals surface area (Å²) >= 11 is 0. The molecule has 0 aliphatic rings. The molecular weight excluding hydrogens is 150 g/mol. The quantitative estimate of drug-likeness (QED) is 0.722. The van der Waals surface area contributed by atoms with Gasteiger partial charge in [0.15, 0.2) is 0 Å². The molecule has 1 aromatic rings. The summed E-state index contributed by atoms with van der Waals surface area (Å²) < 4.78 is 0. The molecule has 1 rings (SSSR count). The maximum atomic E-state index is 5.60. The van der Waals surface area contributed by atoms with Crippen LogP contribution in [0.4, 0.5) is 5.82 Å². The molecule has 0 atom stereocenters. The van der Waals surface area contributed by atoms with Crippen LogP contribution in [0, 0.1) is 12.8 Å². The summed E-state index contributed by atoms with van der Waals surface area (Å²) in [5.74, 6) is 1.36. The van der Waals surface area contributed by atoms with E-state index in [9.17, 15) is 0 Å². The van der Waals surface area contributed by atoms with Crippen LogP contribution in [0.2, 0.25) is 0 Å². The van der Waals surface area contributed by atoms with E-state index in [2.05, 4.69) is 24.0 Å². The highest BCUT2D eigenvalue weighted by atomic mass is 15.2. The summed E-state index contributed by atoms with van der Waals surface area (Å²) in [6.45, 7) is 6.44. The molecule has 0 saturated carbocycles. The summed E-state index contributed by atoms with van der Waals surface area (Å²) in [6.07, 6.45) is 2.23. The van der Waals surface area contributed by atoms with Crippen LogP contribution in [0.15, 0.2) is 0 Å². The number of nitrogens with two attached hydrogens (primary N) is 1. The Morgan fingerprint density at radius 2 is 2.17 bits per heavy atom. The molecule has 0 amide bonds. The Labute approximate surface area is 73.4 Å². The lowest BCUT2D eigenvalue weighted by atomic mass is 10.0. The Balaban J connectivity index is 2.58. The molecule has 1 aromatic heterocycles. The van der Waals surface area contributed by atoms with Gasteiger partial charge in [-0.3, -0.25) is 5.10 Å². The normalized spacial score (nSPS) is 11.0. The SMILES string of the molecule is Cc1c(N)n[nH]c1CCC(C)C. The van der Waals surface area contributed by atoms with Gasteiger partial charge in [-0.15, -0.1) is 0 Å². The summed E-state index contributed by atoms with van der Waals surface area (Å²) in [5.41, 5.74) is 7.89. The molecule has 12 heavy (non-hydrogen) atoms. The lowest BCUT2D eigenvalue weighted by Gasteiger charge is -2.02. The Morgan fingerprint density at radius 1 is 1.50 bits per heavy atom. The highest BCUT2D eigenvalue weighted by Crippen LogP contribution is 2.14. The molecule has 0 aromatic carbocycles. The second-order valence-corrected chi connectivity index (χ2v) is 3.64. The fraction of sp³-hybridized carbons (Fsp3) is 0.667. The van der Waals surface area contributed by atoms with E-state index >= 15 is 0 Å². The number of hydrogen-bond acceptors (Lipinski definition) is 2. The Kier molecular flexibility index (Phi) is 2.74. The number of H-pyrrole nitrogens is 1. The standard InChI is InChI=1S/C9H17N3/c1-6(2)4-5-8-7(3)9(10)12-11-8/h6H,4-5H2,1-3H3,(H3,10,11,12). The van der Waals surface area contributed by atoms with E-state index in [0.717, 1.165) is 17.9 Å². The van der Waals surface area contributed by atoms with Crippen molar-refractivity contribution in [3.63, 3.8) is 0 Å². The summed E-state index contributed by atoms with van der Waals surface area (Å²) in [6, 6.07) is 0. The number of nitrogens with zero attached hydrogens (tertiary/aromatic N) is 1. The van der Waals surface area contributed by atoms with Gasteiger partial charge in [-0.05, 0) is 25.7 Å². The van der Waals surface area contributed by atoms with Crippen LogP contribution in [0.25, 0.3) is 0 Å². The van der Waals surface area contributed by atoms with Crippen molar-refractivity contribution in [2.75, 3.05) is 5.73 Å². The van der Waals surface area contributed by atoms with Crippen LogP contribution in [0.1, 0.15) is 31.5 Å². The van der Waals surface area contributed by atoms with E-state index in [1.807, 2.05) is 6.92 Å². The molecule has 68 valence electrons. The highest BCUT2D eigenvalue weighted by Gasteiger charge is 2.05. The molecule has 0 unspecified atom stereocenters. The number of anilines is 1. The van der Waals surface area contributed by atoms with E-state index in [1.54, 1.807) is 0 Å². The van der Waals surface area contributed by atoms with E-state index in [-0.39, 0.29) is 0 Å². The minimum absolute atomic E-state index is 0.633. The maximum absolute atomic E-state index is 5.60. The van der Waals surface area contributed by atoms with E-state index in [0.29, 0.717) is 5.82 Å². The molecule has 3 heteroatoms. The molecular formula is C9H17N3. The third-order valence-electron chi connectivity index (χ3n) is 2.12. The van der Waals surface area contributed by atoms with Crippen molar-refractivity contribution in [3.05, 3.63) is 11.3 Å². The molecule has 0 radical (unpaired) electrons. The van der Waals surface area contributed by atoms with Crippen LogP contribution in [-0.4, -0.2) is 10.2 Å². The first-order valence-corrected chi connectivity index (χ1v) is 4.40. The van der Waals surface area contributed by atoms with Crippen molar-refractivity contribution in [1.29, 1.82) is 0 Å². The number of aromatic amines is 1. The molecule has 3 nitrogen and oxygen atoms in total. The van der Waals surface area contributed by atoms with E-state index < -0.39 is 0 Å². The van der Waals surface area contributed by atoms with Crippen molar-refractivity contribution >= 4 is 5.82 Å². The van der Waals surface area contributed by atoms with Gasteiger partial charge in [0.05, 0.1) is 0 Å². The van der Waals surface area contributed by atoms with Crippen molar-refractivity contribution in [1.82, 2.24) is 10.2 Å². The maximum Gasteiger partial charge on any atom is 0.148 e. The van der Waals surface area contributed by atoms with Gasteiger partial charge in [0.25, 0.3) is 0 Å². The smallest absolute Gasteiger partial charge is 0.148 e. The van der Waals surface area contributed by atoms with Crippen LogP contribution in [0.3, 0.4) is 0 Å². The predicted molar refractivity (Wildman–Crippen MR) is 50.9 cm³/mol. The second kappa shape index (κ2) is 3.61. The Morgan fingerprint density at radius 3 is 2.58 bits per heavy atom. The van der Waals surface area contributed by atoms with Crippen molar-refractivity contribution < 1.29 is 0 Å². The third kappa shape index (κ3) is 2.00. The first kappa shape index (κ1) is 9.10. The number of nitrogen functional groups attached to an aromatic ring is 1. The monoisotopic (exact) mass is 167 g/mol. The summed E-state index contributed by atoms with van der Waals surface area (Å²) in [5, 5.41) is 6.90. The lowest BCUT2D eigenvalue weighted by Crippen LogP contribution is -1.94. The number of rotatable bonds is 3. The fourth-order valence-electron chi connectivity index (χ4n) is 1.13. The number of nitrogens with one attached hydrogen (secondary N) is 1. The van der Waals surface area contributed by atoms with Gasteiger partial charge < -0.3 is 5.73 Å². The van der Waals surface area contributed by atoms with E-state index in [1.165, 1.54) is 12.1 Å². The number of aryl methyl sites for hydroxylation is 1. The number of aromatic nitrogens is 2. The van der Waals surface area contributed by atoms with Crippen molar-refractivity contribution in [2.24, 2.45) is 5.92 Å². The van der Waals surface area contributed by atoms with Crippen LogP contribution >= 0.6 is 0 Å². The summed E-state index contributed by atoms with van der Waals surface area (Å²) in [4.78, 5) is 0.